The summed E-state index contributed by atoms with van der Waals surface area (Å²) in [5, 5.41) is 10.4. The van der Waals surface area contributed by atoms with Crippen LogP contribution >= 0.6 is 46.6 Å². The summed E-state index contributed by atoms with van der Waals surface area (Å²) in [6.07, 6.45) is 5.38. The molecule has 15 rings (SSSR count). The second kappa shape index (κ2) is 35.4. The molecule has 0 aliphatic carbocycles. The lowest BCUT2D eigenvalue weighted by molar-refractivity contribution is 0.0230. The van der Waals surface area contributed by atoms with Crippen molar-refractivity contribution >= 4 is 140 Å². The first-order valence-electron chi connectivity index (χ1n) is 35.5. The van der Waals surface area contributed by atoms with Crippen molar-refractivity contribution in [1.29, 1.82) is 0 Å². The predicted molar refractivity (Wildman–Crippen MR) is 424 cm³/mol. The number of nitrogens with one attached hydrogen (secondary N) is 3. The van der Waals surface area contributed by atoms with Gasteiger partial charge in [0.1, 0.15) is 62.4 Å². The van der Waals surface area contributed by atoms with Crippen LogP contribution in [0.2, 0.25) is 15.1 Å². The normalized spacial score (nSPS) is 15.4. The molecule has 6 aromatic carbocycles. The van der Waals surface area contributed by atoms with Gasteiger partial charge in [-0.25, -0.2) is 37.7 Å². The smallest absolute Gasteiger partial charge is 0.410 e. The molecule has 9 heterocycles. The molecule has 3 aromatic heterocycles. The molecule has 0 spiro atoms. The molecule has 0 unspecified atom stereocenters. The lowest BCUT2D eigenvalue weighted by Crippen LogP contribution is -2.50. The predicted octanol–water partition coefficient (Wildman–Crippen LogP) is 13.8. The van der Waals surface area contributed by atoms with Gasteiger partial charge >= 0.3 is 12.2 Å². The number of hydrogen-bond donors (Lipinski definition) is 4. The van der Waals surface area contributed by atoms with E-state index in [1.54, 1.807) is 9.80 Å². The summed E-state index contributed by atoms with van der Waals surface area (Å²) in [5.74, 6) is -2.30. The number of benzene rings is 6. The van der Waals surface area contributed by atoms with Gasteiger partial charge < -0.3 is 69.9 Å². The molecule has 3 fully saturated rings. The Labute approximate surface area is 663 Å². The van der Waals surface area contributed by atoms with E-state index in [4.69, 9.17) is 64.2 Å². The third-order valence-corrected chi connectivity index (χ3v) is 19.2. The second-order valence-corrected chi connectivity index (χ2v) is 29.7. The minimum absolute atomic E-state index is 0.0104. The van der Waals surface area contributed by atoms with E-state index in [-0.39, 0.29) is 105 Å². The number of aromatic nitrogens is 6. The molecule has 9 aromatic rings. The molecule has 5 amide bonds. The molecular formula is C77H80Cl3F3N18O10S. The highest BCUT2D eigenvalue weighted by Crippen LogP contribution is 2.38. The molecule has 586 valence electrons. The summed E-state index contributed by atoms with van der Waals surface area (Å²) in [6, 6.07) is 36.2. The average Bonchev–Trinajstić information content (AvgIpc) is 0.785. The molecule has 3 saturated heterocycles. The second-order valence-electron chi connectivity index (χ2n) is 27.7. The Kier molecular flexibility index (Phi) is 25.3. The molecule has 5 N–H and O–H groups in total. The van der Waals surface area contributed by atoms with E-state index < -0.39 is 46.4 Å². The van der Waals surface area contributed by atoms with Crippen LogP contribution in [0.5, 0.6) is 17.6 Å². The van der Waals surface area contributed by atoms with Crippen LogP contribution in [0.25, 0.3) is 0 Å². The largest absolute Gasteiger partial charge is 0.455 e. The fourth-order valence-corrected chi connectivity index (χ4v) is 13.3. The Morgan fingerprint density at radius 1 is 0.473 bits per heavy atom. The monoisotopic (exact) mass is 1610 g/mol. The number of carbonyl (C=O) groups excluding carboxylic acids is 5. The molecule has 6 aliphatic heterocycles. The maximum atomic E-state index is 14.3. The van der Waals surface area contributed by atoms with Crippen molar-refractivity contribution in [1.82, 2.24) is 45.0 Å². The van der Waals surface area contributed by atoms with Crippen LogP contribution in [-0.4, -0.2) is 186 Å². The number of halogens is 6. The van der Waals surface area contributed by atoms with E-state index in [2.05, 4.69) is 60.6 Å². The van der Waals surface area contributed by atoms with Crippen molar-refractivity contribution in [3.05, 3.63) is 195 Å². The third-order valence-electron chi connectivity index (χ3n) is 17.7. The van der Waals surface area contributed by atoms with E-state index in [1.807, 2.05) is 121 Å². The fraction of sp³-hybridized carbons (Fsp3) is 0.312. The number of nitrogens with zero attached hydrogens (tertiary/aromatic N) is 14. The summed E-state index contributed by atoms with van der Waals surface area (Å²) in [6.45, 7) is 20.1. The first kappa shape index (κ1) is 80.2. The lowest BCUT2D eigenvalue weighted by atomic mass is 10.2. The summed E-state index contributed by atoms with van der Waals surface area (Å²) in [5.41, 5.74) is 10.7. The van der Waals surface area contributed by atoms with Crippen LogP contribution in [0.3, 0.4) is 0 Å². The first-order valence-corrected chi connectivity index (χ1v) is 37.8. The SMILES string of the molecule is CC(C)(C)OC(=O)N1CCN(c2ccc(N)cc2)CC1.CC(C)(C)OC(=O)N1CCN(c2ccc(Nc3ncc4c(n3)OCN(c3c(F)cccc3Cl)C4=O)cc2)CC1.CSc1ncc2c(n1)OCN(c1c(F)cccc1Cl)C2=O.O=C1c2cnc(Nc3ccc(N4CCNCC4)cc3)nc2OCN1c1c(F)cccc1Cl. The van der Waals surface area contributed by atoms with Crippen LogP contribution in [0, 0.1) is 17.5 Å². The van der Waals surface area contributed by atoms with E-state index in [9.17, 15) is 37.1 Å². The van der Waals surface area contributed by atoms with Gasteiger partial charge in [-0.05, 0) is 157 Å². The van der Waals surface area contributed by atoms with Gasteiger partial charge in [0.2, 0.25) is 29.5 Å². The van der Waals surface area contributed by atoms with Gasteiger partial charge in [-0.15, -0.1) is 0 Å². The number of nitrogen functional groups attached to an aromatic ring is 1. The van der Waals surface area contributed by atoms with Crippen molar-refractivity contribution in [3.8, 4) is 17.6 Å². The number of amides is 5. The molecule has 0 bridgehead atoms. The van der Waals surface area contributed by atoms with Crippen molar-refractivity contribution in [3.63, 3.8) is 0 Å². The van der Waals surface area contributed by atoms with E-state index >= 15 is 0 Å². The lowest BCUT2D eigenvalue weighted by Gasteiger charge is -2.36. The van der Waals surface area contributed by atoms with Crippen molar-refractivity contribution in [2.24, 2.45) is 0 Å². The van der Waals surface area contributed by atoms with Gasteiger partial charge in [0.15, 0.2) is 25.3 Å². The van der Waals surface area contributed by atoms with Crippen molar-refractivity contribution in [2.45, 2.75) is 57.9 Å². The van der Waals surface area contributed by atoms with Gasteiger partial charge in [-0.1, -0.05) is 64.8 Å². The van der Waals surface area contributed by atoms with Gasteiger partial charge in [-0.3, -0.25) is 29.1 Å². The molecular weight excluding hydrogens is 1530 g/mol. The number of carbonyl (C=O) groups is 5. The zero-order valence-electron chi connectivity index (χ0n) is 62.1. The number of para-hydroxylation sites is 3. The highest BCUT2D eigenvalue weighted by molar-refractivity contribution is 7.98. The minimum Gasteiger partial charge on any atom is -0.455 e. The minimum atomic E-state index is -0.629. The Hall–Kier alpha value is -11.3. The fourth-order valence-electron chi connectivity index (χ4n) is 12.1. The zero-order chi connectivity index (χ0) is 79.5. The van der Waals surface area contributed by atoms with Crippen LogP contribution in [0.4, 0.5) is 85.8 Å². The molecule has 6 aliphatic rings. The first-order chi connectivity index (χ1) is 53.6. The third kappa shape index (κ3) is 19.7. The Bertz CT molecular complexity index is 4840. The Morgan fingerprint density at radius 3 is 1.14 bits per heavy atom. The molecule has 28 nitrogen and oxygen atoms in total. The number of nitrogens with two attached hydrogens (primary N) is 1. The average molecular weight is 1610 g/mol. The highest BCUT2D eigenvalue weighted by Gasteiger charge is 2.36. The van der Waals surface area contributed by atoms with Crippen LogP contribution in [0.15, 0.2) is 151 Å². The van der Waals surface area contributed by atoms with Gasteiger partial charge in [0, 0.05) is 131 Å². The quantitative estimate of drug-likeness (QED) is 0.0531. The number of hydrogen-bond acceptors (Lipinski definition) is 24. The van der Waals surface area contributed by atoms with E-state index in [1.165, 1.54) is 84.9 Å². The van der Waals surface area contributed by atoms with Crippen LogP contribution in [0.1, 0.15) is 72.6 Å². The number of fused-ring (bicyclic) bond motifs is 3. The molecule has 0 radical (unpaired) electrons. The van der Waals surface area contributed by atoms with Gasteiger partial charge in [-0.2, -0.15) is 15.0 Å². The number of ether oxygens (including phenoxy) is 5. The summed E-state index contributed by atoms with van der Waals surface area (Å²) in [7, 11) is 0. The van der Waals surface area contributed by atoms with E-state index in [0.29, 0.717) is 50.4 Å². The molecule has 112 heavy (non-hydrogen) atoms. The Morgan fingerprint density at radius 2 is 0.804 bits per heavy atom. The number of thioether (sulfide) groups is 1. The highest BCUT2D eigenvalue weighted by atomic mass is 35.5. The standard InChI is InChI=1S/C27H28ClFN6O4.C22H20ClFN6O2.C15H23N3O2.C13H9ClFN3O2S/c1-27(2,3)39-26(37)34-13-11-33(12-14-34)18-9-7-17(8-10-18)31-25-30-15-19-23(32-25)38-16-35(24(19)36)22-20(28)5-4-6-21(22)29;23-17-2-1-3-18(24)19(17)30-13-32-20-16(21(30)31)12-26-22(28-20)27-14-4-6-15(7-5-14)29-10-8-25-9-11-29;1-15(2,3)20-14(19)18-10-8-17(9-11-18)13-6-4-12(16)5-7-13;1-21-13-16-5-7-11(17-13)20-6-18(12(7)19)10-8(14)3-2-4-9(10)15/h4-10,15H,11-14,16H2,1-3H3,(H,30,31,32);1-7,12,25H,8-11,13H2,(H,26,27,28);4-7H,8-11,16H2,1-3H3;2-5H,6H2,1H3. The summed E-state index contributed by atoms with van der Waals surface area (Å²) in [4.78, 5) is 101. The topological polar surface area (TPSA) is 297 Å². The maximum absolute atomic E-state index is 14.3. The van der Waals surface area contributed by atoms with Gasteiger partial charge in [0.25, 0.3) is 17.7 Å². The number of rotatable bonds is 11. The number of piperazine rings is 3. The van der Waals surface area contributed by atoms with Gasteiger partial charge in [0.05, 0.1) is 15.1 Å². The summed E-state index contributed by atoms with van der Waals surface area (Å²) < 4.78 is 70.1. The Balaban J connectivity index is 0.000000144. The van der Waals surface area contributed by atoms with E-state index in [0.717, 1.165) is 88.1 Å². The van der Waals surface area contributed by atoms with Crippen molar-refractivity contribution in [2.75, 3.05) is 151 Å². The molecule has 0 saturated carbocycles. The summed E-state index contributed by atoms with van der Waals surface area (Å²) >= 11 is 19.5. The van der Waals surface area contributed by atoms with Crippen molar-refractivity contribution < 1.29 is 60.8 Å². The van der Waals surface area contributed by atoms with Crippen LogP contribution < -0.4 is 65.3 Å². The van der Waals surface area contributed by atoms with Crippen LogP contribution in [-0.2, 0) is 9.47 Å². The zero-order valence-corrected chi connectivity index (χ0v) is 65.1. The maximum Gasteiger partial charge on any atom is 0.410 e. The number of anilines is 11. The molecule has 0 atom stereocenters. The molecule has 35 heteroatoms.